The molecule has 3 heteroatoms. The minimum absolute atomic E-state index is 0.161. The standard InChI is InChI=1S/C16H23N3/c1-10-6-7-16(11(2)8-10)19-14(5)15(9-12(3)17)13(4)18-19/h6-8,12H,9,17H2,1-5H3. The number of benzene rings is 1. The molecule has 0 amide bonds. The third-order valence-electron chi connectivity index (χ3n) is 3.55. The zero-order valence-corrected chi connectivity index (χ0v) is 12.5. The van der Waals surface area contributed by atoms with Gasteiger partial charge >= 0.3 is 0 Å². The minimum atomic E-state index is 0.161. The second-order valence-corrected chi connectivity index (χ2v) is 5.53. The third-order valence-corrected chi connectivity index (χ3v) is 3.55. The molecular formula is C16H23N3. The van der Waals surface area contributed by atoms with Crippen LogP contribution in [-0.4, -0.2) is 15.8 Å². The normalized spacial score (nSPS) is 12.7. The van der Waals surface area contributed by atoms with Crippen molar-refractivity contribution >= 4 is 0 Å². The lowest BCUT2D eigenvalue weighted by Crippen LogP contribution is -2.18. The van der Waals surface area contributed by atoms with Crippen LogP contribution in [0.1, 0.15) is 35.0 Å². The highest BCUT2D eigenvalue weighted by Crippen LogP contribution is 2.22. The Morgan fingerprint density at radius 2 is 1.89 bits per heavy atom. The van der Waals surface area contributed by atoms with Crippen LogP contribution >= 0.6 is 0 Å². The lowest BCUT2D eigenvalue weighted by molar-refractivity contribution is 0.730. The van der Waals surface area contributed by atoms with E-state index in [1.54, 1.807) is 0 Å². The van der Waals surface area contributed by atoms with Crippen molar-refractivity contribution in [1.82, 2.24) is 9.78 Å². The van der Waals surface area contributed by atoms with Gasteiger partial charge in [-0.1, -0.05) is 17.7 Å². The molecule has 1 unspecified atom stereocenters. The molecule has 0 bridgehead atoms. The Morgan fingerprint density at radius 3 is 2.47 bits per heavy atom. The molecular weight excluding hydrogens is 234 g/mol. The summed E-state index contributed by atoms with van der Waals surface area (Å²) in [4.78, 5) is 0. The number of rotatable bonds is 3. The van der Waals surface area contributed by atoms with E-state index in [9.17, 15) is 0 Å². The summed E-state index contributed by atoms with van der Waals surface area (Å²) in [6.45, 7) is 10.5. The van der Waals surface area contributed by atoms with E-state index in [0.29, 0.717) is 0 Å². The Kier molecular flexibility index (Phi) is 3.76. The van der Waals surface area contributed by atoms with E-state index in [2.05, 4.69) is 51.0 Å². The number of nitrogens with two attached hydrogens (primary N) is 1. The van der Waals surface area contributed by atoms with Gasteiger partial charge in [0.05, 0.1) is 11.4 Å². The van der Waals surface area contributed by atoms with Gasteiger partial charge in [0.2, 0.25) is 0 Å². The van der Waals surface area contributed by atoms with E-state index in [4.69, 9.17) is 5.73 Å². The Bertz CT molecular complexity index is 594. The molecule has 2 N–H and O–H groups in total. The van der Waals surface area contributed by atoms with E-state index in [1.165, 1.54) is 22.4 Å². The van der Waals surface area contributed by atoms with E-state index in [1.807, 2.05) is 11.6 Å². The van der Waals surface area contributed by atoms with E-state index < -0.39 is 0 Å². The maximum atomic E-state index is 5.92. The lowest BCUT2D eigenvalue weighted by atomic mass is 10.1. The van der Waals surface area contributed by atoms with Crippen LogP contribution in [0.4, 0.5) is 0 Å². The average Bonchev–Trinajstić information content (AvgIpc) is 2.57. The maximum absolute atomic E-state index is 5.92. The fourth-order valence-corrected chi connectivity index (χ4v) is 2.57. The first-order valence-corrected chi connectivity index (χ1v) is 6.78. The second kappa shape index (κ2) is 5.17. The molecule has 0 aliphatic rings. The highest BCUT2D eigenvalue weighted by atomic mass is 15.3. The van der Waals surface area contributed by atoms with Crippen LogP contribution in [0, 0.1) is 27.7 Å². The molecule has 1 aromatic heterocycles. The van der Waals surface area contributed by atoms with Crippen LogP contribution in [0.3, 0.4) is 0 Å². The molecule has 0 aliphatic heterocycles. The van der Waals surface area contributed by atoms with Gasteiger partial charge in [-0.3, -0.25) is 0 Å². The molecule has 0 spiro atoms. The molecule has 0 saturated heterocycles. The van der Waals surface area contributed by atoms with Crippen molar-refractivity contribution in [2.75, 3.05) is 0 Å². The zero-order valence-electron chi connectivity index (χ0n) is 12.5. The largest absolute Gasteiger partial charge is 0.328 e. The summed E-state index contributed by atoms with van der Waals surface area (Å²) < 4.78 is 2.04. The van der Waals surface area contributed by atoms with Crippen LogP contribution in [0.15, 0.2) is 18.2 Å². The van der Waals surface area contributed by atoms with Gasteiger partial charge in [0.25, 0.3) is 0 Å². The number of hydrogen-bond acceptors (Lipinski definition) is 2. The zero-order chi connectivity index (χ0) is 14.2. The summed E-state index contributed by atoms with van der Waals surface area (Å²) in [7, 11) is 0. The van der Waals surface area contributed by atoms with E-state index in [-0.39, 0.29) is 6.04 Å². The van der Waals surface area contributed by atoms with E-state index in [0.717, 1.165) is 17.8 Å². The molecule has 1 heterocycles. The van der Waals surface area contributed by atoms with Gasteiger partial charge < -0.3 is 5.73 Å². The van der Waals surface area contributed by atoms with Gasteiger partial charge in [-0.05, 0) is 58.2 Å². The number of aromatic nitrogens is 2. The van der Waals surface area contributed by atoms with Crippen molar-refractivity contribution < 1.29 is 0 Å². The van der Waals surface area contributed by atoms with Crippen molar-refractivity contribution in [2.45, 2.75) is 47.1 Å². The van der Waals surface area contributed by atoms with Crippen LogP contribution in [0.2, 0.25) is 0 Å². The molecule has 0 radical (unpaired) electrons. The van der Waals surface area contributed by atoms with Crippen molar-refractivity contribution in [3.8, 4) is 5.69 Å². The Hall–Kier alpha value is -1.61. The highest BCUT2D eigenvalue weighted by Gasteiger charge is 2.14. The molecule has 0 aliphatic carbocycles. The molecule has 0 fully saturated rings. The van der Waals surface area contributed by atoms with Gasteiger partial charge in [-0.25, -0.2) is 4.68 Å². The molecule has 2 rings (SSSR count). The number of hydrogen-bond donors (Lipinski definition) is 1. The van der Waals surface area contributed by atoms with Crippen LogP contribution < -0.4 is 5.73 Å². The Morgan fingerprint density at radius 1 is 1.21 bits per heavy atom. The molecule has 0 saturated carbocycles. The predicted molar refractivity (Wildman–Crippen MR) is 79.9 cm³/mol. The monoisotopic (exact) mass is 257 g/mol. The SMILES string of the molecule is Cc1ccc(-n2nc(C)c(CC(C)N)c2C)c(C)c1. The summed E-state index contributed by atoms with van der Waals surface area (Å²) in [5.41, 5.74) is 13.1. The summed E-state index contributed by atoms with van der Waals surface area (Å²) >= 11 is 0. The van der Waals surface area contributed by atoms with Gasteiger partial charge in [-0.2, -0.15) is 5.10 Å². The summed E-state index contributed by atoms with van der Waals surface area (Å²) in [6, 6.07) is 6.62. The lowest BCUT2D eigenvalue weighted by Gasteiger charge is -2.10. The topological polar surface area (TPSA) is 43.8 Å². The van der Waals surface area contributed by atoms with Crippen molar-refractivity contribution in [1.29, 1.82) is 0 Å². The first-order valence-electron chi connectivity index (χ1n) is 6.78. The summed E-state index contributed by atoms with van der Waals surface area (Å²) in [5, 5.41) is 4.69. The van der Waals surface area contributed by atoms with Gasteiger partial charge in [-0.15, -0.1) is 0 Å². The molecule has 3 nitrogen and oxygen atoms in total. The fourth-order valence-electron chi connectivity index (χ4n) is 2.57. The quantitative estimate of drug-likeness (QED) is 0.918. The van der Waals surface area contributed by atoms with Crippen LogP contribution in [0.5, 0.6) is 0 Å². The van der Waals surface area contributed by atoms with Gasteiger partial charge in [0.15, 0.2) is 0 Å². The first-order chi connectivity index (χ1) is 8.90. The fraction of sp³-hybridized carbons (Fsp3) is 0.438. The molecule has 2 aromatic rings. The molecule has 1 atom stereocenters. The third kappa shape index (κ3) is 2.71. The van der Waals surface area contributed by atoms with Gasteiger partial charge in [0, 0.05) is 11.7 Å². The van der Waals surface area contributed by atoms with Crippen molar-refractivity contribution in [3.63, 3.8) is 0 Å². The minimum Gasteiger partial charge on any atom is -0.328 e. The number of aryl methyl sites for hydroxylation is 3. The first kappa shape index (κ1) is 13.8. The van der Waals surface area contributed by atoms with E-state index >= 15 is 0 Å². The smallest absolute Gasteiger partial charge is 0.0678 e. The Balaban J connectivity index is 2.51. The summed E-state index contributed by atoms with van der Waals surface area (Å²) in [6.07, 6.45) is 0.878. The van der Waals surface area contributed by atoms with Crippen LogP contribution in [0.25, 0.3) is 5.69 Å². The second-order valence-electron chi connectivity index (χ2n) is 5.53. The van der Waals surface area contributed by atoms with Gasteiger partial charge in [0.1, 0.15) is 0 Å². The van der Waals surface area contributed by atoms with Crippen LogP contribution in [-0.2, 0) is 6.42 Å². The molecule has 1 aromatic carbocycles. The average molecular weight is 257 g/mol. The number of nitrogens with zero attached hydrogens (tertiary/aromatic N) is 2. The van der Waals surface area contributed by atoms with Crippen molar-refractivity contribution in [3.05, 3.63) is 46.3 Å². The molecule has 19 heavy (non-hydrogen) atoms. The highest BCUT2D eigenvalue weighted by molar-refractivity contribution is 5.44. The maximum Gasteiger partial charge on any atom is 0.0678 e. The molecule has 102 valence electrons. The summed E-state index contributed by atoms with van der Waals surface area (Å²) in [5.74, 6) is 0. The predicted octanol–water partition coefficient (Wildman–Crippen LogP) is 3.00. The van der Waals surface area contributed by atoms with Crippen molar-refractivity contribution in [2.24, 2.45) is 5.73 Å². The Labute approximate surface area is 115 Å².